The van der Waals surface area contributed by atoms with E-state index in [0.717, 1.165) is 11.4 Å². The molecule has 0 aromatic heterocycles. The third kappa shape index (κ3) is 2.82. The van der Waals surface area contributed by atoms with Gasteiger partial charge in [0.25, 0.3) is 0 Å². The Bertz CT molecular complexity index is 539. The van der Waals surface area contributed by atoms with Crippen LogP contribution in [-0.2, 0) is 0 Å². The molecule has 0 unspecified atom stereocenters. The molecule has 2 rings (SSSR count). The van der Waals surface area contributed by atoms with Gasteiger partial charge in [-0.3, -0.25) is 4.99 Å². The maximum atomic E-state index is 4.64. The third-order valence-corrected chi connectivity index (χ3v) is 2.82. The van der Waals surface area contributed by atoms with Crippen molar-refractivity contribution in [2.45, 2.75) is 20.8 Å². The van der Waals surface area contributed by atoms with E-state index in [2.05, 4.69) is 44.0 Å². The van der Waals surface area contributed by atoms with E-state index in [9.17, 15) is 0 Å². The largest absolute Gasteiger partial charge is 0.253 e. The lowest BCUT2D eigenvalue weighted by molar-refractivity contribution is 1.35. The van der Waals surface area contributed by atoms with Crippen molar-refractivity contribution in [3.05, 3.63) is 65.2 Å². The first kappa shape index (κ1) is 11.6. The van der Waals surface area contributed by atoms with Gasteiger partial charge in [0.2, 0.25) is 0 Å². The van der Waals surface area contributed by atoms with Crippen LogP contribution in [0, 0.1) is 13.8 Å². The highest BCUT2D eigenvalue weighted by atomic mass is 14.7. The second-order valence-electron chi connectivity index (χ2n) is 4.35. The first-order valence-corrected chi connectivity index (χ1v) is 5.85. The van der Waals surface area contributed by atoms with Gasteiger partial charge in [-0.2, -0.15) is 0 Å². The van der Waals surface area contributed by atoms with Crippen LogP contribution in [0.3, 0.4) is 0 Å². The van der Waals surface area contributed by atoms with Crippen LogP contribution in [0.1, 0.15) is 23.6 Å². The van der Waals surface area contributed by atoms with E-state index < -0.39 is 0 Å². The summed E-state index contributed by atoms with van der Waals surface area (Å²) in [7, 11) is 0. The summed E-state index contributed by atoms with van der Waals surface area (Å²) in [5.41, 5.74) is 5.86. The van der Waals surface area contributed by atoms with E-state index >= 15 is 0 Å². The highest BCUT2D eigenvalue weighted by molar-refractivity contribution is 6.01. The molecule has 0 amide bonds. The number of aliphatic imine (C=N–C) groups is 1. The van der Waals surface area contributed by atoms with E-state index in [4.69, 9.17) is 0 Å². The number of aryl methyl sites for hydroxylation is 2. The summed E-state index contributed by atoms with van der Waals surface area (Å²) in [4.78, 5) is 4.64. The van der Waals surface area contributed by atoms with Gasteiger partial charge in [0.15, 0.2) is 0 Å². The molecule has 0 radical (unpaired) electrons. The second kappa shape index (κ2) is 4.96. The molecule has 0 heterocycles. The summed E-state index contributed by atoms with van der Waals surface area (Å²) in [6, 6.07) is 16.5. The molecular formula is C16H17N. The summed E-state index contributed by atoms with van der Waals surface area (Å²) in [6.07, 6.45) is 0. The Morgan fingerprint density at radius 1 is 0.941 bits per heavy atom. The predicted molar refractivity (Wildman–Crippen MR) is 74.2 cm³/mol. The molecular weight excluding hydrogens is 206 g/mol. The fourth-order valence-electron chi connectivity index (χ4n) is 1.98. The molecule has 2 aromatic rings. The summed E-state index contributed by atoms with van der Waals surface area (Å²) in [6.45, 7) is 6.30. The minimum absolute atomic E-state index is 1.00. The second-order valence-corrected chi connectivity index (χ2v) is 4.35. The number of para-hydroxylation sites is 1. The molecule has 17 heavy (non-hydrogen) atoms. The smallest absolute Gasteiger partial charge is 0.0633 e. The molecule has 0 bridgehead atoms. The zero-order valence-corrected chi connectivity index (χ0v) is 10.6. The predicted octanol–water partition coefficient (Wildman–Crippen LogP) is 4.44. The molecule has 1 nitrogen and oxygen atoms in total. The monoisotopic (exact) mass is 223 g/mol. The lowest BCUT2D eigenvalue weighted by atomic mass is 10.0. The average Bonchev–Trinajstić information content (AvgIpc) is 2.30. The van der Waals surface area contributed by atoms with Crippen LogP contribution in [0.15, 0.2) is 53.5 Å². The van der Waals surface area contributed by atoms with Crippen molar-refractivity contribution in [3.8, 4) is 0 Å². The van der Waals surface area contributed by atoms with Gasteiger partial charge in [0.05, 0.1) is 5.69 Å². The molecule has 0 aliphatic heterocycles. The lowest BCUT2D eigenvalue weighted by Gasteiger charge is -2.06. The van der Waals surface area contributed by atoms with Crippen molar-refractivity contribution in [2.75, 3.05) is 0 Å². The van der Waals surface area contributed by atoms with Crippen LogP contribution < -0.4 is 0 Å². The van der Waals surface area contributed by atoms with Crippen molar-refractivity contribution >= 4 is 11.4 Å². The lowest BCUT2D eigenvalue weighted by Crippen LogP contribution is -1.97. The first-order valence-electron chi connectivity index (χ1n) is 5.85. The van der Waals surface area contributed by atoms with Crippen LogP contribution in [0.25, 0.3) is 0 Å². The molecule has 86 valence electrons. The zero-order valence-electron chi connectivity index (χ0n) is 10.6. The van der Waals surface area contributed by atoms with E-state index in [-0.39, 0.29) is 0 Å². The summed E-state index contributed by atoms with van der Waals surface area (Å²) in [5, 5.41) is 0. The van der Waals surface area contributed by atoms with Gasteiger partial charge in [-0.15, -0.1) is 0 Å². The Hall–Kier alpha value is -1.89. The Balaban J connectivity index is 2.37. The van der Waals surface area contributed by atoms with E-state index in [1.54, 1.807) is 0 Å². The van der Waals surface area contributed by atoms with Crippen molar-refractivity contribution in [3.63, 3.8) is 0 Å². The van der Waals surface area contributed by atoms with Gasteiger partial charge in [0, 0.05) is 5.71 Å². The molecule has 0 aliphatic rings. The average molecular weight is 223 g/mol. The minimum atomic E-state index is 1.00. The summed E-state index contributed by atoms with van der Waals surface area (Å²) < 4.78 is 0. The number of benzene rings is 2. The van der Waals surface area contributed by atoms with Crippen LogP contribution in [0.5, 0.6) is 0 Å². The third-order valence-electron chi connectivity index (χ3n) is 2.82. The quantitative estimate of drug-likeness (QED) is 0.667. The van der Waals surface area contributed by atoms with Crippen LogP contribution in [0.2, 0.25) is 0 Å². The fourth-order valence-corrected chi connectivity index (χ4v) is 1.98. The van der Waals surface area contributed by atoms with E-state index in [1.807, 2.05) is 30.3 Å². The Morgan fingerprint density at radius 2 is 1.65 bits per heavy atom. The van der Waals surface area contributed by atoms with Gasteiger partial charge in [-0.1, -0.05) is 42.0 Å². The molecule has 2 aromatic carbocycles. The number of hydrogen-bond donors (Lipinski definition) is 0. The highest BCUT2D eigenvalue weighted by Crippen LogP contribution is 2.16. The van der Waals surface area contributed by atoms with Gasteiger partial charge in [0.1, 0.15) is 0 Å². The van der Waals surface area contributed by atoms with E-state index in [0.29, 0.717) is 0 Å². The maximum Gasteiger partial charge on any atom is 0.0633 e. The van der Waals surface area contributed by atoms with E-state index in [1.165, 1.54) is 16.7 Å². The molecule has 0 atom stereocenters. The van der Waals surface area contributed by atoms with Crippen molar-refractivity contribution in [1.29, 1.82) is 0 Å². The standard InChI is InChI=1S/C16H17N/c1-12-9-10-16(13(2)11-12)14(3)17-15-7-5-4-6-8-15/h4-11H,1-3H3. The van der Waals surface area contributed by atoms with Gasteiger partial charge >= 0.3 is 0 Å². The topological polar surface area (TPSA) is 12.4 Å². The molecule has 0 N–H and O–H groups in total. The molecule has 0 saturated carbocycles. The summed E-state index contributed by atoms with van der Waals surface area (Å²) in [5.74, 6) is 0. The molecule has 0 fully saturated rings. The molecule has 0 spiro atoms. The van der Waals surface area contributed by atoms with Crippen molar-refractivity contribution in [2.24, 2.45) is 4.99 Å². The van der Waals surface area contributed by atoms with Crippen molar-refractivity contribution in [1.82, 2.24) is 0 Å². The molecule has 0 aliphatic carbocycles. The minimum Gasteiger partial charge on any atom is -0.253 e. The number of hydrogen-bond acceptors (Lipinski definition) is 1. The van der Waals surface area contributed by atoms with Gasteiger partial charge in [-0.25, -0.2) is 0 Å². The number of nitrogens with zero attached hydrogens (tertiary/aromatic N) is 1. The maximum absolute atomic E-state index is 4.64. The van der Waals surface area contributed by atoms with Crippen LogP contribution >= 0.6 is 0 Å². The SMILES string of the molecule is CC(=Nc1ccccc1)c1ccc(C)cc1C. The Labute approximate surface area is 103 Å². The van der Waals surface area contributed by atoms with Crippen LogP contribution in [0.4, 0.5) is 5.69 Å². The first-order chi connectivity index (χ1) is 8.16. The van der Waals surface area contributed by atoms with Gasteiger partial charge in [-0.05, 0) is 44.0 Å². The summed E-state index contributed by atoms with van der Waals surface area (Å²) >= 11 is 0. The van der Waals surface area contributed by atoms with Crippen LogP contribution in [-0.4, -0.2) is 5.71 Å². The van der Waals surface area contributed by atoms with Crippen molar-refractivity contribution < 1.29 is 0 Å². The Kier molecular flexibility index (Phi) is 3.38. The molecule has 0 saturated heterocycles. The highest BCUT2D eigenvalue weighted by Gasteiger charge is 2.02. The normalized spacial score (nSPS) is 11.6. The molecule has 1 heteroatoms. The zero-order chi connectivity index (χ0) is 12.3. The van der Waals surface area contributed by atoms with Gasteiger partial charge < -0.3 is 0 Å². The number of rotatable bonds is 2. The Morgan fingerprint density at radius 3 is 2.29 bits per heavy atom. The fraction of sp³-hybridized carbons (Fsp3) is 0.188.